The second-order valence-electron chi connectivity index (χ2n) is 6.72. The van der Waals surface area contributed by atoms with E-state index >= 15 is 0 Å². The van der Waals surface area contributed by atoms with Gasteiger partial charge in [-0.15, -0.1) is 0 Å². The third-order valence-corrected chi connectivity index (χ3v) is 6.10. The third-order valence-electron chi connectivity index (χ3n) is 5.28. The van der Waals surface area contributed by atoms with Gasteiger partial charge in [-0.3, -0.25) is 4.79 Å². The molecule has 0 aliphatic carbocycles. The predicted molar refractivity (Wildman–Crippen MR) is 93.7 cm³/mol. The number of aromatic hydroxyl groups is 1. The molecule has 2 fully saturated rings. The number of benzene rings is 1. The summed E-state index contributed by atoms with van der Waals surface area (Å²) in [5, 5.41) is 20.1. The minimum atomic E-state index is -0.00736. The Kier molecular flexibility index (Phi) is 5.25. The van der Waals surface area contributed by atoms with Crippen LogP contribution in [-0.2, 0) is 4.79 Å². The van der Waals surface area contributed by atoms with Gasteiger partial charge in [0.05, 0.1) is 16.7 Å². The molecule has 24 heavy (non-hydrogen) atoms. The van der Waals surface area contributed by atoms with E-state index in [-0.39, 0.29) is 36.3 Å². The maximum absolute atomic E-state index is 12.5. The highest BCUT2D eigenvalue weighted by Crippen LogP contribution is 2.45. The average Bonchev–Trinajstić information content (AvgIpc) is 2.96. The van der Waals surface area contributed by atoms with Gasteiger partial charge >= 0.3 is 0 Å². The second kappa shape index (κ2) is 7.08. The Morgan fingerprint density at radius 2 is 2.08 bits per heavy atom. The fourth-order valence-corrected chi connectivity index (χ4v) is 4.47. The largest absolute Gasteiger partial charge is 0.508 e. The van der Waals surface area contributed by atoms with E-state index in [0.29, 0.717) is 35.1 Å². The molecular weight excluding hydrogens is 351 g/mol. The summed E-state index contributed by atoms with van der Waals surface area (Å²) in [5.41, 5.74) is 0.645. The number of hydrogen-bond donors (Lipinski definition) is 2. The molecule has 3 atom stereocenters. The van der Waals surface area contributed by atoms with Crippen molar-refractivity contribution in [1.82, 2.24) is 9.80 Å². The molecule has 0 aromatic heterocycles. The van der Waals surface area contributed by atoms with Crippen LogP contribution in [0.1, 0.15) is 30.7 Å². The first-order valence-corrected chi connectivity index (χ1v) is 8.95. The monoisotopic (exact) mass is 372 g/mol. The smallest absolute Gasteiger partial charge is 0.224 e. The van der Waals surface area contributed by atoms with Crippen LogP contribution in [0.4, 0.5) is 0 Å². The summed E-state index contributed by atoms with van der Waals surface area (Å²) >= 11 is 12.4. The Hall–Kier alpha value is -1.01. The Bertz CT molecular complexity index is 641. The highest BCUT2D eigenvalue weighted by molar-refractivity contribution is 6.42. The lowest BCUT2D eigenvalue weighted by atomic mass is 9.91. The van der Waals surface area contributed by atoms with Crippen LogP contribution in [0, 0.1) is 0 Å². The molecule has 2 aliphatic heterocycles. The summed E-state index contributed by atoms with van der Waals surface area (Å²) in [6.45, 7) is 1.22. The maximum atomic E-state index is 12.5. The number of carbonyl (C=O) groups excluding carboxylic acids is 1. The number of rotatable bonds is 4. The van der Waals surface area contributed by atoms with Crippen molar-refractivity contribution < 1.29 is 15.0 Å². The van der Waals surface area contributed by atoms with Crippen molar-refractivity contribution in [2.24, 2.45) is 0 Å². The number of phenolic OH excluding ortho intramolecular Hbond substituents is 1. The molecule has 2 aliphatic rings. The molecule has 1 amide bonds. The topological polar surface area (TPSA) is 64.0 Å². The van der Waals surface area contributed by atoms with Gasteiger partial charge in [0, 0.05) is 43.1 Å². The number of nitrogens with zero attached hydrogens (tertiary/aromatic N) is 2. The first kappa shape index (κ1) is 17.8. The van der Waals surface area contributed by atoms with Crippen LogP contribution in [0.2, 0.25) is 10.0 Å². The molecule has 0 spiro atoms. The maximum Gasteiger partial charge on any atom is 0.224 e. The van der Waals surface area contributed by atoms with Gasteiger partial charge in [-0.2, -0.15) is 0 Å². The standard InChI is InChI=1S/C17H22Cl2N2O3/c1-20(4-5-22)11-7-12-6-10(9-21(12)15(24)8-11)16-14(23)3-2-13(18)17(16)19/h2-3,10-12,22-23H,4-9H2,1H3/t10-,11-,12-/m0/s1. The van der Waals surface area contributed by atoms with E-state index in [9.17, 15) is 9.90 Å². The highest BCUT2D eigenvalue weighted by Gasteiger charge is 2.43. The number of amides is 1. The summed E-state index contributed by atoms with van der Waals surface area (Å²) in [7, 11) is 1.94. The molecule has 2 N–H and O–H groups in total. The van der Waals surface area contributed by atoms with Crippen LogP contribution < -0.4 is 0 Å². The van der Waals surface area contributed by atoms with Gasteiger partial charge in [0.2, 0.25) is 5.91 Å². The first-order chi connectivity index (χ1) is 11.4. The first-order valence-electron chi connectivity index (χ1n) is 8.19. The lowest BCUT2D eigenvalue weighted by molar-refractivity contribution is -0.137. The van der Waals surface area contributed by atoms with Gasteiger partial charge in [-0.05, 0) is 32.0 Å². The number of hydrogen-bond acceptors (Lipinski definition) is 4. The van der Waals surface area contributed by atoms with E-state index in [4.69, 9.17) is 28.3 Å². The average molecular weight is 373 g/mol. The summed E-state index contributed by atoms with van der Waals surface area (Å²) in [6.07, 6.45) is 2.11. The minimum Gasteiger partial charge on any atom is -0.508 e. The zero-order chi connectivity index (χ0) is 17.4. The van der Waals surface area contributed by atoms with Gasteiger partial charge in [0.1, 0.15) is 5.75 Å². The quantitative estimate of drug-likeness (QED) is 0.851. The molecule has 1 aromatic rings. The Morgan fingerprint density at radius 3 is 2.79 bits per heavy atom. The molecular formula is C17H22Cl2N2O3. The van der Waals surface area contributed by atoms with E-state index in [1.807, 2.05) is 16.8 Å². The summed E-state index contributed by atoms with van der Waals surface area (Å²) in [6, 6.07) is 3.42. The molecule has 1 aromatic carbocycles. The Balaban J connectivity index is 1.80. The second-order valence-corrected chi connectivity index (χ2v) is 7.51. The zero-order valence-corrected chi connectivity index (χ0v) is 15.1. The third kappa shape index (κ3) is 3.23. The molecule has 7 heteroatoms. The fraction of sp³-hybridized carbons (Fsp3) is 0.588. The summed E-state index contributed by atoms with van der Waals surface area (Å²) in [4.78, 5) is 16.5. The Labute approximate surface area is 151 Å². The van der Waals surface area contributed by atoms with E-state index in [1.165, 1.54) is 0 Å². The number of fused-ring (bicyclic) bond motifs is 1. The molecule has 3 rings (SSSR count). The van der Waals surface area contributed by atoms with Gasteiger partial charge in [0.15, 0.2) is 0 Å². The number of piperidine rings is 1. The molecule has 132 valence electrons. The van der Waals surface area contributed by atoms with Crippen molar-refractivity contribution in [1.29, 1.82) is 0 Å². The molecule has 0 unspecified atom stereocenters. The van der Waals surface area contributed by atoms with Crippen molar-refractivity contribution >= 4 is 29.1 Å². The molecule has 0 bridgehead atoms. The molecule has 2 heterocycles. The van der Waals surface area contributed by atoms with Crippen LogP contribution in [0.25, 0.3) is 0 Å². The molecule has 2 saturated heterocycles. The number of likely N-dealkylation sites (N-methyl/N-ethyl adjacent to an activating group) is 1. The van der Waals surface area contributed by atoms with Crippen molar-refractivity contribution in [3.63, 3.8) is 0 Å². The van der Waals surface area contributed by atoms with Crippen LogP contribution in [0.15, 0.2) is 12.1 Å². The fourth-order valence-electron chi connectivity index (χ4n) is 3.99. The number of carbonyl (C=O) groups is 1. The number of phenols is 1. The van der Waals surface area contributed by atoms with Gasteiger partial charge in [-0.1, -0.05) is 23.2 Å². The number of aliphatic hydroxyl groups is 1. The minimum absolute atomic E-state index is 0.00736. The van der Waals surface area contributed by atoms with Crippen molar-refractivity contribution in [3.8, 4) is 5.75 Å². The lowest BCUT2D eigenvalue weighted by Crippen LogP contribution is -2.49. The van der Waals surface area contributed by atoms with Crippen LogP contribution in [-0.4, -0.2) is 64.7 Å². The van der Waals surface area contributed by atoms with E-state index in [0.717, 1.165) is 12.8 Å². The molecule has 5 nitrogen and oxygen atoms in total. The molecule has 0 saturated carbocycles. The van der Waals surface area contributed by atoms with Gasteiger partial charge in [0.25, 0.3) is 0 Å². The lowest BCUT2D eigenvalue weighted by Gasteiger charge is -2.38. The highest BCUT2D eigenvalue weighted by atomic mass is 35.5. The van der Waals surface area contributed by atoms with E-state index in [2.05, 4.69) is 0 Å². The van der Waals surface area contributed by atoms with Crippen LogP contribution >= 0.6 is 23.2 Å². The molecule has 0 radical (unpaired) electrons. The van der Waals surface area contributed by atoms with Crippen molar-refractivity contribution in [2.45, 2.75) is 37.3 Å². The summed E-state index contributed by atoms with van der Waals surface area (Å²) in [5.74, 6) is 0.254. The van der Waals surface area contributed by atoms with Crippen molar-refractivity contribution in [3.05, 3.63) is 27.7 Å². The summed E-state index contributed by atoms with van der Waals surface area (Å²) < 4.78 is 0. The zero-order valence-electron chi connectivity index (χ0n) is 13.6. The SMILES string of the molecule is CN(CCO)[C@@H]1CC(=O)N2C[C@@H](c3c(O)ccc(Cl)c3Cl)C[C@H]2C1. The number of halogens is 2. The van der Waals surface area contributed by atoms with Gasteiger partial charge in [-0.25, -0.2) is 0 Å². The van der Waals surface area contributed by atoms with E-state index < -0.39 is 0 Å². The van der Waals surface area contributed by atoms with Crippen molar-refractivity contribution in [2.75, 3.05) is 26.7 Å². The van der Waals surface area contributed by atoms with Crippen LogP contribution in [0.5, 0.6) is 5.75 Å². The van der Waals surface area contributed by atoms with E-state index in [1.54, 1.807) is 12.1 Å². The predicted octanol–water partition coefficient (Wildman–Crippen LogP) is 2.47. The Morgan fingerprint density at radius 1 is 1.33 bits per heavy atom. The van der Waals surface area contributed by atoms with Gasteiger partial charge < -0.3 is 20.0 Å². The number of aliphatic hydroxyl groups excluding tert-OH is 1. The normalized spacial score (nSPS) is 27.0. The van der Waals surface area contributed by atoms with Crippen LogP contribution in [0.3, 0.4) is 0 Å².